The first-order chi connectivity index (χ1) is 59.5. The van der Waals surface area contributed by atoms with Crippen LogP contribution in [0.5, 0.6) is 0 Å². The lowest BCUT2D eigenvalue weighted by Crippen LogP contribution is -2.38. The van der Waals surface area contributed by atoms with Gasteiger partial charge in [0.25, 0.3) is 0 Å². The highest BCUT2D eigenvalue weighted by atomic mass is 16.1. The van der Waals surface area contributed by atoms with E-state index >= 15 is 4.79 Å². The van der Waals surface area contributed by atoms with Gasteiger partial charge in [-0.15, -0.1) is 0 Å². The van der Waals surface area contributed by atoms with Crippen molar-refractivity contribution in [2.75, 3.05) is 19.6 Å². The first-order valence-corrected chi connectivity index (χ1v) is 41.4. The van der Waals surface area contributed by atoms with Crippen LogP contribution in [0.4, 0.5) is 68.2 Å². The van der Waals surface area contributed by atoms with Crippen LogP contribution in [0.25, 0.3) is 32.7 Å². The first-order valence-electron chi connectivity index (χ1n) is 41.4. The minimum Gasteiger partial charge on any atom is -0.309 e. The summed E-state index contributed by atoms with van der Waals surface area (Å²) in [5.74, 6) is 0. The van der Waals surface area contributed by atoms with Crippen LogP contribution in [0.3, 0.4) is 0 Å². The molecule has 0 unspecified atom stereocenters. The molecule has 6 heteroatoms. The molecule has 0 fully saturated rings. The number of nitrogens with one attached hydrogen (secondary N) is 1. The molecule has 0 saturated carbocycles. The molecule has 0 atom stereocenters. The predicted molar refractivity (Wildman–Crippen MR) is 490 cm³/mol. The van der Waals surface area contributed by atoms with Gasteiger partial charge in [0.1, 0.15) is 0 Å². The molecule has 0 bridgehead atoms. The summed E-state index contributed by atoms with van der Waals surface area (Å²) in [6.45, 7) is 0. The average molecular weight is 1530 g/mol. The summed E-state index contributed by atoms with van der Waals surface area (Å²) >= 11 is 0. The van der Waals surface area contributed by atoms with Gasteiger partial charge in [-0.25, -0.2) is 0 Å². The van der Waals surface area contributed by atoms with Crippen LogP contribution in [-0.2, 0) is 21.7 Å². The Morgan fingerprint density at radius 3 is 0.475 bits per heavy atom. The lowest BCUT2D eigenvalue weighted by Gasteiger charge is -2.47. The van der Waals surface area contributed by atoms with Crippen LogP contribution >= 0.6 is 0 Å². The van der Waals surface area contributed by atoms with Crippen molar-refractivity contribution < 1.29 is 0 Å². The van der Waals surface area contributed by atoms with E-state index in [1.165, 1.54) is 0 Å². The molecular weight excluding hydrogens is 1460 g/mol. The average Bonchev–Trinajstić information content (AvgIpc) is 1.46. The zero-order chi connectivity index (χ0) is 79.4. The Bertz CT molecular complexity index is 6240. The van der Waals surface area contributed by atoms with E-state index in [9.17, 15) is 5.41 Å². The van der Waals surface area contributed by atoms with E-state index < -0.39 is 21.7 Å². The number of rotatable bonds is 12. The van der Waals surface area contributed by atoms with Gasteiger partial charge in [0.2, 0.25) is 0 Å². The molecule has 18 aromatic rings. The molecule has 24 rings (SSSR count). The van der Waals surface area contributed by atoms with Crippen molar-refractivity contribution in [1.29, 1.82) is 5.41 Å². The number of benzene rings is 18. The standard InChI is InChI=1S/C114H75N5O/c115-109-103-99(116-91-65-33-25-57-83(91)111(75-41-9-1-10-42-75,76-43-11-2-12-44-76)84-58-26-34-66-92(84)116)73-101(118-95-69-37-29-61-87(95)113(79-49-17-5-18-50-79,80-51-19-6-20-52-80)88-62-30-38-70-96(88)118)105-107(103)108-104(109)100(117-93-67-35-27-59-85(93)112(77-45-13-3-14-46-77,78-47-15-4-16-48-78)86-60-28-36-68-94(86)117)74-102(106(108)110(105)120)119-97-71-39-31-63-89(97)114(81-53-21-7-22-54-81,82-55-23-8-24-56-82)90-64-32-40-72-98(90)119/h1-74,115H. The first kappa shape index (κ1) is 68.9. The second kappa shape index (κ2) is 26.5. The molecule has 0 spiro atoms. The molecule has 0 amide bonds. The predicted octanol–water partition coefficient (Wildman–Crippen LogP) is 26.9. The maximum absolute atomic E-state index is 18.7. The molecule has 0 radical (unpaired) electrons. The Morgan fingerprint density at radius 2 is 0.308 bits per heavy atom. The number of fused-ring (bicyclic) bond motifs is 8. The Morgan fingerprint density at radius 1 is 0.167 bits per heavy atom. The molecule has 1 N–H and O–H groups in total. The van der Waals surface area contributed by atoms with Gasteiger partial charge in [0.05, 0.1) is 106 Å². The normalized spacial score (nSPS) is 14.8. The molecule has 0 aromatic heterocycles. The molecule has 562 valence electrons. The Kier molecular flexibility index (Phi) is 15.2. The fourth-order valence-electron chi connectivity index (χ4n) is 22.4. The highest BCUT2D eigenvalue weighted by Crippen LogP contribution is 2.68. The highest BCUT2D eigenvalue weighted by molar-refractivity contribution is 6.30. The number of nitrogens with zero attached hydrogens (tertiary/aromatic N) is 4. The second-order valence-electron chi connectivity index (χ2n) is 32.2. The van der Waals surface area contributed by atoms with Crippen molar-refractivity contribution in [2.45, 2.75) is 21.7 Å². The lowest BCUT2D eigenvalue weighted by molar-refractivity contribution is 0.730. The fraction of sp³-hybridized carbons (Fsp3) is 0.0351. The maximum Gasteiger partial charge on any atom is 0.198 e. The van der Waals surface area contributed by atoms with Crippen LogP contribution in [0.1, 0.15) is 89.0 Å². The smallest absolute Gasteiger partial charge is 0.198 e. The van der Waals surface area contributed by atoms with E-state index in [-0.39, 0.29) is 5.43 Å². The molecule has 2 aliphatic carbocycles. The Hall–Kier alpha value is -15.5. The van der Waals surface area contributed by atoms with Crippen LogP contribution in [0.2, 0.25) is 0 Å². The van der Waals surface area contributed by atoms with E-state index in [2.05, 4.69) is 469 Å². The molecule has 6 aliphatic rings. The summed E-state index contributed by atoms with van der Waals surface area (Å²) in [7, 11) is 0. The van der Waals surface area contributed by atoms with E-state index in [4.69, 9.17) is 0 Å². The SMILES string of the molecule is N=c1c2c(N3c4ccccc4C(c4ccccc4)(c4ccccc4)c4ccccc43)cc(N3c4ccccc4C(c4ccccc4)(c4ccccc4)c4ccccc43)c3c2-c2c1c(N1c4ccccc4C(c4ccccc4)(c4ccccc4)c4ccccc41)cc(N1c4ccccc4C(c4ccccc4)(c4ccccc4)c4ccccc41)c2c3=O. The van der Waals surface area contributed by atoms with Gasteiger partial charge in [-0.2, -0.15) is 0 Å². The van der Waals surface area contributed by atoms with Crippen molar-refractivity contribution in [1.82, 2.24) is 0 Å². The Balaban J connectivity index is 0.885. The minimum absolute atomic E-state index is 0.132. The summed E-state index contributed by atoms with van der Waals surface area (Å²) < 4.78 is 0. The summed E-state index contributed by atoms with van der Waals surface area (Å²) in [5.41, 5.74) is 25.9. The largest absolute Gasteiger partial charge is 0.309 e. The molecule has 4 heterocycles. The van der Waals surface area contributed by atoms with Crippen LogP contribution < -0.4 is 30.4 Å². The van der Waals surface area contributed by atoms with Gasteiger partial charge >= 0.3 is 0 Å². The van der Waals surface area contributed by atoms with Crippen molar-refractivity contribution in [2.24, 2.45) is 0 Å². The highest BCUT2D eigenvalue weighted by Gasteiger charge is 2.54. The Labute approximate surface area is 696 Å². The third-order valence-electron chi connectivity index (χ3n) is 26.8. The van der Waals surface area contributed by atoms with Crippen molar-refractivity contribution in [3.05, 3.63) is 554 Å². The number of para-hydroxylation sites is 8. The van der Waals surface area contributed by atoms with E-state index in [1.807, 2.05) is 0 Å². The molecule has 120 heavy (non-hydrogen) atoms. The summed E-state index contributed by atoms with van der Waals surface area (Å²) in [4.78, 5) is 28.5. The second-order valence-corrected chi connectivity index (χ2v) is 32.2. The van der Waals surface area contributed by atoms with Crippen molar-refractivity contribution in [3.63, 3.8) is 0 Å². The van der Waals surface area contributed by atoms with Crippen molar-refractivity contribution >= 4 is 89.8 Å². The summed E-state index contributed by atoms with van der Waals surface area (Å²) in [6, 6.07) is 164. The van der Waals surface area contributed by atoms with E-state index in [0.717, 1.165) is 157 Å². The molecule has 6 nitrogen and oxygen atoms in total. The van der Waals surface area contributed by atoms with Crippen molar-refractivity contribution in [3.8, 4) is 11.1 Å². The summed E-state index contributed by atoms with van der Waals surface area (Å²) in [5, 5.41) is 14.8. The van der Waals surface area contributed by atoms with Gasteiger partial charge in [0.15, 0.2) is 5.43 Å². The van der Waals surface area contributed by atoms with Gasteiger partial charge in [-0.3, -0.25) is 10.2 Å². The van der Waals surface area contributed by atoms with Gasteiger partial charge in [-0.1, -0.05) is 388 Å². The zero-order valence-electron chi connectivity index (χ0n) is 65.4. The number of anilines is 12. The maximum atomic E-state index is 18.7. The number of hydrogen-bond acceptors (Lipinski definition) is 6. The van der Waals surface area contributed by atoms with Crippen LogP contribution in [0.15, 0.2) is 454 Å². The van der Waals surface area contributed by atoms with Gasteiger partial charge < -0.3 is 19.6 Å². The quantitative estimate of drug-likeness (QED) is 0.132. The van der Waals surface area contributed by atoms with E-state index in [1.54, 1.807) is 0 Å². The monoisotopic (exact) mass is 1530 g/mol. The van der Waals surface area contributed by atoms with E-state index in [0.29, 0.717) is 38.3 Å². The third kappa shape index (κ3) is 9.11. The van der Waals surface area contributed by atoms with Gasteiger partial charge in [0, 0.05) is 21.9 Å². The van der Waals surface area contributed by atoms with Gasteiger partial charge in [-0.05, 0) is 150 Å². The summed E-state index contributed by atoms with van der Waals surface area (Å²) in [6.07, 6.45) is 0. The zero-order valence-corrected chi connectivity index (χ0v) is 65.4. The molecular formula is C114H75N5O. The molecule has 18 aromatic carbocycles. The molecule has 4 aliphatic heterocycles. The lowest BCUT2D eigenvalue weighted by atomic mass is 9.62. The third-order valence-corrected chi connectivity index (χ3v) is 26.8. The fourth-order valence-corrected chi connectivity index (χ4v) is 22.4. The van der Waals surface area contributed by atoms with Crippen LogP contribution in [-0.4, -0.2) is 0 Å². The minimum atomic E-state index is -0.844. The topological polar surface area (TPSA) is 53.9 Å². The number of hydrogen-bond donors (Lipinski definition) is 1. The molecule has 0 saturated heterocycles. The van der Waals surface area contributed by atoms with Crippen LogP contribution in [0, 0.1) is 5.41 Å².